The second-order valence-corrected chi connectivity index (χ2v) is 6.90. The summed E-state index contributed by atoms with van der Waals surface area (Å²) in [5.41, 5.74) is 5.87. The van der Waals surface area contributed by atoms with Crippen LogP contribution in [0.4, 0.5) is 0 Å². The van der Waals surface area contributed by atoms with Crippen LogP contribution in [0.5, 0.6) is 0 Å². The molecule has 0 aliphatic heterocycles. The Morgan fingerprint density at radius 1 is 1.18 bits per heavy atom. The van der Waals surface area contributed by atoms with Gasteiger partial charge in [-0.3, -0.25) is 0 Å². The summed E-state index contributed by atoms with van der Waals surface area (Å²) < 4.78 is 28.3. The molecule has 1 aliphatic carbocycles. The van der Waals surface area contributed by atoms with Crippen molar-refractivity contribution in [2.24, 2.45) is 5.73 Å². The quantitative estimate of drug-likeness (QED) is 0.644. The van der Waals surface area contributed by atoms with Crippen molar-refractivity contribution < 1.29 is 8.42 Å². The van der Waals surface area contributed by atoms with E-state index >= 15 is 0 Å². The maximum Gasteiger partial charge on any atom is 0.277 e. The minimum atomic E-state index is -3.41. The molecule has 0 atom stereocenters. The highest BCUT2D eigenvalue weighted by Gasteiger charge is 2.27. The molecule has 4 N–H and O–H groups in total. The molecule has 0 aromatic rings. The summed E-state index contributed by atoms with van der Waals surface area (Å²) in [7, 11) is -3.41. The Labute approximate surface area is 105 Å². The fourth-order valence-corrected chi connectivity index (χ4v) is 3.38. The lowest BCUT2D eigenvalue weighted by atomic mass is 9.92. The highest BCUT2D eigenvalue weighted by molar-refractivity contribution is 7.87. The number of rotatable bonds is 5. The lowest BCUT2D eigenvalue weighted by Gasteiger charge is -2.28. The summed E-state index contributed by atoms with van der Waals surface area (Å²) >= 11 is 0. The topological polar surface area (TPSA) is 84.2 Å². The smallest absolute Gasteiger partial charge is 0.277 e. The van der Waals surface area contributed by atoms with Crippen molar-refractivity contribution >= 4 is 10.2 Å². The average molecular weight is 263 g/mol. The zero-order valence-corrected chi connectivity index (χ0v) is 11.6. The molecular weight excluding hydrogens is 238 g/mol. The SMILES string of the molecule is CC(C)NS(=O)(=O)NCC1(N)CCCCCC1. The molecule has 0 aromatic carbocycles. The molecule has 6 heteroatoms. The van der Waals surface area contributed by atoms with Crippen molar-refractivity contribution in [2.75, 3.05) is 6.54 Å². The van der Waals surface area contributed by atoms with Gasteiger partial charge in [0, 0.05) is 18.1 Å². The highest BCUT2D eigenvalue weighted by atomic mass is 32.2. The number of hydrogen-bond donors (Lipinski definition) is 3. The summed E-state index contributed by atoms with van der Waals surface area (Å²) in [4.78, 5) is 0. The van der Waals surface area contributed by atoms with Crippen LogP contribution in [-0.2, 0) is 10.2 Å². The van der Waals surface area contributed by atoms with Gasteiger partial charge < -0.3 is 5.73 Å². The fraction of sp³-hybridized carbons (Fsp3) is 1.00. The van der Waals surface area contributed by atoms with Crippen molar-refractivity contribution in [1.29, 1.82) is 0 Å². The summed E-state index contributed by atoms with van der Waals surface area (Å²) in [6, 6.07) is -0.102. The first-order valence-corrected chi connectivity index (χ1v) is 7.87. The van der Waals surface area contributed by atoms with Crippen LogP contribution in [0.25, 0.3) is 0 Å². The normalized spacial score (nSPS) is 21.4. The van der Waals surface area contributed by atoms with E-state index in [1.807, 2.05) is 0 Å². The minimum Gasteiger partial charge on any atom is -0.324 e. The van der Waals surface area contributed by atoms with E-state index in [4.69, 9.17) is 5.73 Å². The Hall–Kier alpha value is -0.170. The van der Waals surface area contributed by atoms with E-state index in [0.717, 1.165) is 25.7 Å². The first-order chi connectivity index (χ1) is 7.83. The number of nitrogens with two attached hydrogens (primary N) is 1. The van der Waals surface area contributed by atoms with Gasteiger partial charge in [0.05, 0.1) is 0 Å². The Bertz CT molecular complexity index is 320. The van der Waals surface area contributed by atoms with E-state index in [2.05, 4.69) is 9.44 Å². The molecule has 102 valence electrons. The molecule has 0 unspecified atom stereocenters. The second kappa shape index (κ2) is 6.13. The Kier molecular flexibility index (Phi) is 5.37. The molecule has 5 nitrogen and oxygen atoms in total. The average Bonchev–Trinajstić information content (AvgIpc) is 2.39. The minimum absolute atomic E-state index is 0.102. The highest BCUT2D eigenvalue weighted by Crippen LogP contribution is 2.24. The van der Waals surface area contributed by atoms with Crippen molar-refractivity contribution in [2.45, 2.75) is 64.0 Å². The molecule has 1 saturated carbocycles. The van der Waals surface area contributed by atoms with Crippen molar-refractivity contribution in [3.05, 3.63) is 0 Å². The largest absolute Gasteiger partial charge is 0.324 e. The van der Waals surface area contributed by atoms with E-state index in [1.54, 1.807) is 13.8 Å². The van der Waals surface area contributed by atoms with Crippen LogP contribution < -0.4 is 15.2 Å². The van der Waals surface area contributed by atoms with E-state index in [9.17, 15) is 8.42 Å². The zero-order chi connectivity index (χ0) is 12.9. The van der Waals surface area contributed by atoms with Gasteiger partial charge in [-0.15, -0.1) is 0 Å². The van der Waals surface area contributed by atoms with Gasteiger partial charge in [-0.2, -0.15) is 13.1 Å². The molecule has 0 bridgehead atoms. The van der Waals surface area contributed by atoms with Crippen LogP contribution in [0.15, 0.2) is 0 Å². The molecule has 1 rings (SSSR count). The molecule has 0 aromatic heterocycles. The van der Waals surface area contributed by atoms with Crippen LogP contribution in [-0.4, -0.2) is 26.5 Å². The first kappa shape index (κ1) is 14.9. The summed E-state index contributed by atoms with van der Waals surface area (Å²) in [6.07, 6.45) is 6.39. The van der Waals surface area contributed by atoms with Crippen molar-refractivity contribution in [3.8, 4) is 0 Å². The van der Waals surface area contributed by atoms with Gasteiger partial charge in [-0.25, -0.2) is 4.72 Å². The third-order valence-electron chi connectivity index (χ3n) is 3.10. The Morgan fingerprint density at radius 2 is 1.71 bits per heavy atom. The number of hydrogen-bond acceptors (Lipinski definition) is 3. The van der Waals surface area contributed by atoms with Crippen LogP contribution in [0.3, 0.4) is 0 Å². The maximum atomic E-state index is 11.6. The molecule has 0 saturated heterocycles. The van der Waals surface area contributed by atoms with Crippen LogP contribution >= 0.6 is 0 Å². The predicted molar refractivity (Wildman–Crippen MR) is 69.8 cm³/mol. The standard InChI is InChI=1S/C11H25N3O2S/c1-10(2)14-17(15,16)13-9-11(12)7-5-3-4-6-8-11/h10,13-14H,3-9,12H2,1-2H3. The van der Waals surface area contributed by atoms with Gasteiger partial charge in [0.25, 0.3) is 10.2 Å². The summed E-state index contributed by atoms with van der Waals surface area (Å²) in [5, 5.41) is 0. The monoisotopic (exact) mass is 263 g/mol. The second-order valence-electron chi connectivity index (χ2n) is 5.37. The molecule has 0 amide bonds. The van der Waals surface area contributed by atoms with Gasteiger partial charge >= 0.3 is 0 Å². The van der Waals surface area contributed by atoms with Gasteiger partial charge in [0.2, 0.25) is 0 Å². The van der Waals surface area contributed by atoms with Gasteiger partial charge in [0.15, 0.2) is 0 Å². The fourth-order valence-electron chi connectivity index (χ4n) is 2.20. The Morgan fingerprint density at radius 3 is 2.18 bits per heavy atom. The number of nitrogens with one attached hydrogen (secondary N) is 2. The lowest BCUT2D eigenvalue weighted by molar-refractivity contribution is 0.368. The molecule has 1 fully saturated rings. The maximum absolute atomic E-state index is 11.6. The molecule has 0 spiro atoms. The van der Waals surface area contributed by atoms with Crippen molar-refractivity contribution in [1.82, 2.24) is 9.44 Å². The lowest BCUT2D eigenvalue weighted by Crippen LogP contribution is -2.52. The van der Waals surface area contributed by atoms with Crippen LogP contribution in [0.1, 0.15) is 52.4 Å². The van der Waals surface area contributed by atoms with Gasteiger partial charge in [0.1, 0.15) is 0 Å². The summed E-state index contributed by atoms with van der Waals surface area (Å²) in [6.45, 7) is 3.92. The van der Waals surface area contributed by atoms with E-state index in [0.29, 0.717) is 6.54 Å². The zero-order valence-electron chi connectivity index (χ0n) is 10.8. The molecule has 1 aliphatic rings. The predicted octanol–water partition coefficient (Wildman–Crippen LogP) is 0.871. The third kappa shape index (κ3) is 5.81. The van der Waals surface area contributed by atoms with Crippen molar-refractivity contribution in [3.63, 3.8) is 0 Å². The molecule has 0 heterocycles. The van der Waals surface area contributed by atoms with Crippen LogP contribution in [0, 0.1) is 0 Å². The van der Waals surface area contributed by atoms with E-state index in [1.165, 1.54) is 12.8 Å². The molecule has 0 radical (unpaired) electrons. The first-order valence-electron chi connectivity index (χ1n) is 6.39. The van der Waals surface area contributed by atoms with Gasteiger partial charge in [-0.1, -0.05) is 25.7 Å². The summed E-state index contributed by atoms with van der Waals surface area (Å²) in [5.74, 6) is 0. The van der Waals surface area contributed by atoms with Crippen LogP contribution in [0.2, 0.25) is 0 Å². The third-order valence-corrected chi connectivity index (χ3v) is 4.41. The Balaban J connectivity index is 2.48. The van der Waals surface area contributed by atoms with E-state index < -0.39 is 10.2 Å². The van der Waals surface area contributed by atoms with E-state index in [-0.39, 0.29) is 11.6 Å². The van der Waals surface area contributed by atoms with Gasteiger partial charge in [-0.05, 0) is 26.7 Å². The molecular formula is C11H25N3O2S. The molecule has 17 heavy (non-hydrogen) atoms.